The van der Waals surface area contributed by atoms with Crippen molar-refractivity contribution >= 4 is 28.9 Å². The van der Waals surface area contributed by atoms with Gasteiger partial charge in [-0.3, -0.25) is 4.79 Å². The van der Waals surface area contributed by atoms with Gasteiger partial charge in [-0.1, -0.05) is 12.1 Å². The molecule has 0 unspecified atom stereocenters. The van der Waals surface area contributed by atoms with Crippen molar-refractivity contribution < 1.29 is 9.53 Å². The number of ether oxygens (including phenoxy) is 1. The predicted octanol–water partition coefficient (Wildman–Crippen LogP) is 3.01. The lowest BCUT2D eigenvalue weighted by molar-refractivity contribution is -0.116. The Morgan fingerprint density at radius 1 is 1.00 bits per heavy atom. The van der Waals surface area contributed by atoms with Crippen molar-refractivity contribution in [3.05, 3.63) is 60.8 Å². The zero-order valence-corrected chi connectivity index (χ0v) is 17.3. The number of nitrogens with zero attached hydrogens (tertiary/aromatic N) is 3. The molecule has 160 valence electrons. The normalized spacial score (nSPS) is 13.6. The Bertz CT molecular complexity index is 1000. The molecule has 8 heteroatoms. The summed E-state index contributed by atoms with van der Waals surface area (Å²) in [6, 6.07) is 17.6. The molecule has 1 aliphatic heterocycles. The van der Waals surface area contributed by atoms with E-state index in [1.165, 1.54) is 5.69 Å². The highest BCUT2D eigenvalue weighted by Crippen LogP contribution is 2.23. The van der Waals surface area contributed by atoms with Gasteiger partial charge in [0.05, 0.1) is 18.9 Å². The number of hydrogen-bond donors (Lipinski definition) is 3. The topological polar surface area (TPSA) is 105 Å². The van der Waals surface area contributed by atoms with Crippen LogP contribution in [0.3, 0.4) is 0 Å². The average molecular weight is 419 g/mol. The van der Waals surface area contributed by atoms with Crippen molar-refractivity contribution in [3.63, 3.8) is 0 Å². The van der Waals surface area contributed by atoms with E-state index in [9.17, 15) is 4.79 Å². The summed E-state index contributed by atoms with van der Waals surface area (Å²) in [4.78, 5) is 22.9. The van der Waals surface area contributed by atoms with Crippen LogP contribution >= 0.6 is 0 Å². The van der Waals surface area contributed by atoms with Gasteiger partial charge in [-0.2, -0.15) is 0 Å². The molecule has 0 bridgehead atoms. The molecule has 0 spiro atoms. The van der Waals surface area contributed by atoms with Gasteiger partial charge in [0.1, 0.15) is 0 Å². The summed E-state index contributed by atoms with van der Waals surface area (Å²) in [5, 5.41) is 6.08. The quantitative estimate of drug-likeness (QED) is 0.542. The van der Waals surface area contributed by atoms with Crippen molar-refractivity contribution in [3.8, 4) is 11.3 Å². The molecule has 1 amide bonds. The molecular weight excluding hydrogens is 392 g/mol. The van der Waals surface area contributed by atoms with Crippen LogP contribution < -0.4 is 21.3 Å². The van der Waals surface area contributed by atoms with Crippen LogP contribution in [0.15, 0.2) is 60.8 Å². The summed E-state index contributed by atoms with van der Waals surface area (Å²) >= 11 is 0. The van der Waals surface area contributed by atoms with Gasteiger partial charge in [-0.05, 0) is 42.5 Å². The van der Waals surface area contributed by atoms with Crippen LogP contribution in [0.4, 0.5) is 23.0 Å². The molecule has 3 aromatic rings. The monoisotopic (exact) mass is 418 g/mol. The van der Waals surface area contributed by atoms with E-state index in [0.29, 0.717) is 18.9 Å². The summed E-state index contributed by atoms with van der Waals surface area (Å²) in [6.07, 6.45) is 2.03. The number of rotatable bonds is 7. The van der Waals surface area contributed by atoms with Crippen molar-refractivity contribution in [2.24, 2.45) is 5.73 Å². The van der Waals surface area contributed by atoms with Gasteiger partial charge in [-0.25, -0.2) is 9.97 Å². The second kappa shape index (κ2) is 10.0. The van der Waals surface area contributed by atoms with Crippen LogP contribution in [0.5, 0.6) is 0 Å². The number of benzene rings is 2. The van der Waals surface area contributed by atoms with Crippen molar-refractivity contribution in [2.75, 3.05) is 48.4 Å². The molecule has 4 N–H and O–H groups in total. The standard InChI is InChI=1S/C23H26N6O2/c24-11-9-22(30)26-18-3-1-17(2-4-18)21-10-12-25-23(28-21)27-19-5-7-20(8-6-19)29-13-15-31-16-14-29/h1-8,10,12H,9,11,13-16,24H2,(H,26,30)(H,25,27,28). The van der Waals surface area contributed by atoms with Gasteiger partial charge in [0.2, 0.25) is 11.9 Å². The van der Waals surface area contributed by atoms with Crippen LogP contribution in [-0.2, 0) is 9.53 Å². The fourth-order valence-corrected chi connectivity index (χ4v) is 3.36. The van der Waals surface area contributed by atoms with E-state index in [1.807, 2.05) is 42.5 Å². The summed E-state index contributed by atoms with van der Waals surface area (Å²) in [5.74, 6) is 0.431. The molecule has 4 rings (SSSR count). The number of morpholine rings is 1. The predicted molar refractivity (Wildman–Crippen MR) is 123 cm³/mol. The Kier molecular flexibility index (Phi) is 6.71. The van der Waals surface area contributed by atoms with Gasteiger partial charge < -0.3 is 26.0 Å². The molecule has 1 aliphatic rings. The minimum atomic E-state index is -0.0941. The molecule has 0 aliphatic carbocycles. The summed E-state index contributed by atoms with van der Waals surface area (Å²) in [7, 11) is 0. The minimum Gasteiger partial charge on any atom is -0.378 e. The highest BCUT2D eigenvalue weighted by Gasteiger charge is 2.11. The van der Waals surface area contributed by atoms with Crippen LogP contribution in [0.2, 0.25) is 0 Å². The van der Waals surface area contributed by atoms with Gasteiger partial charge in [0.25, 0.3) is 0 Å². The number of nitrogens with two attached hydrogens (primary N) is 1. The maximum absolute atomic E-state index is 11.7. The number of hydrogen-bond acceptors (Lipinski definition) is 7. The lowest BCUT2D eigenvalue weighted by Crippen LogP contribution is -2.36. The van der Waals surface area contributed by atoms with Crippen LogP contribution in [-0.4, -0.2) is 48.7 Å². The number of nitrogens with one attached hydrogen (secondary N) is 2. The number of carbonyl (C=O) groups excluding carboxylic acids is 1. The lowest BCUT2D eigenvalue weighted by Gasteiger charge is -2.28. The molecule has 2 heterocycles. The van der Waals surface area contributed by atoms with E-state index in [4.69, 9.17) is 10.5 Å². The van der Waals surface area contributed by atoms with E-state index in [2.05, 4.69) is 37.6 Å². The molecular formula is C23H26N6O2. The third-order valence-electron chi connectivity index (χ3n) is 4.99. The number of carbonyl (C=O) groups is 1. The van der Waals surface area contributed by atoms with E-state index in [1.54, 1.807) is 6.20 Å². The molecule has 2 aromatic carbocycles. The lowest BCUT2D eigenvalue weighted by atomic mass is 10.1. The Labute approximate surface area is 181 Å². The molecule has 1 fully saturated rings. The van der Waals surface area contributed by atoms with Gasteiger partial charge >= 0.3 is 0 Å². The zero-order chi connectivity index (χ0) is 21.5. The van der Waals surface area contributed by atoms with E-state index in [-0.39, 0.29) is 5.91 Å². The third-order valence-corrected chi connectivity index (χ3v) is 4.99. The second-order valence-electron chi connectivity index (χ2n) is 7.20. The first-order chi connectivity index (χ1) is 15.2. The molecule has 1 aromatic heterocycles. The van der Waals surface area contributed by atoms with Crippen molar-refractivity contribution in [1.82, 2.24) is 9.97 Å². The fourth-order valence-electron chi connectivity index (χ4n) is 3.36. The van der Waals surface area contributed by atoms with Crippen LogP contribution in [0, 0.1) is 0 Å². The molecule has 0 radical (unpaired) electrons. The SMILES string of the molecule is NCCC(=O)Nc1ccc(-c2ccnc(Nc3ccc(N4CCOCC4)cc3)n2)cc1. The minimum absolute atomic E-state index is 0.0941. The van der Waals surface area contributed by atoms with Crippen molar-refractivity contribution in [1.29, 1.82) is 0 Å². The summed E-state index contributed by atoms with van der Waals surface area (Å²) < 4.78 is 5.41. The second-order valence-corrected chi connectivity index (χ2v) is 7.20. The first-order valence-corrected chi connectivity index (χ1v) is 10.3. The Morgan fingerprint density at radius 2 is 1.71 bits per heavy atom. The maximum atomic E-state index is 11.7. The first-order valence-electron chi connectivity index (χ1n) is 10.3. The number of aromatic nitrogens is 2. The van der Waals surface area contributed by atoms with Gasteiger partial charge in [0, 0.05) is 54.9 Å². The largest absolute Gasteiger partial charge is 0.378 e. The number of amides is 1. The van der Waals surface area contributed by atoms with Crippen LogP contribution in [0.1, 0.15) is 6.42 Å². The fraction of sp³-hybridized carbons (Fsp3) is 0.261. The molecule has 0 saturated carbocycles. The van der Waals surface area contributed by atoms with Crippen molar-refractivity contribution in [2.45, 2.75) is 6.42 Å². The smallest absolute Gasteiger partial charge is 0.227 e. The Hall–Kier alpha value is -3.49. The highest BCUT2D eigenvalue weighted by atomic mass is 16.5. The highest BCUT2D eigenvalue weighted by molar-refractivity contribution is 5.91. The Morgan fingerprint density at radius 3 is 2.42 bits per heavy atom. The van der Waals surface area contributed by atoms with Gasteiger partial charge in [-0.15, -0.1) is 0 Å². The Balaban J connectivity index is 1.41. The zero-order valence-electron chi connectivity index (χ0n) is 17.3. The molecule has 31 heavy (non-hydrogen) atoms. The van der Waals surface area contributed by atoms with Crippen LogP contribution in [0.25, 0.3) is 11.3 Å². The van der Waals surface area contributed by atoms with E-state index < -0.39 is 0 Å². The number of anilines is 4. The first kappa shape index (κ1) is 20.8. The summed E-state index contributed by atoms with van der Waals surface area (Å²) in [5.41, 5.74) is 9.97. The molecule has 0 atom stereocenters. The average Bonchev–Trinajstić information content (AvgIpc) is 2.81. The maximum Gasteiger partial charge on any atom is 0.227 e. The third kappa shape index (κ3) is 5.56. The molecule has 8 nitrogen and oxygen atoms in total. The van der Waals surface area contributed by atoms with Gasteiger partial charge in [0.15, 0.2) is 0 Å². The van der Waals surface area contributed by atoms with E-state index in [0.717, 1.165) is 48.9 Å². The van der Waals surface area contributed by atoms with E-state index >= 15 is 0 Å². The summed E-state index contributed by atoms with van der Waals surface area (Å²) in [6.45, 7) is 3.68. The molecule has 1 saturated heterocycles.